The quantitative estimate of drug-likeness (QED) is 0.686. The summed E-state index contributed by atoms with van der Waals surface area (Å²) < 4.78 is 37.6. The van der Waals surface area contributed by atoms with Gasteiger partial charge in [-0.15, -0.1) is 0 Å². The normalized spacial score (nSPS) is 23.0. The lowest BCUT2D eigenvalue weighted by Gasteiger charge is -2.29. The zero-order valence-electron chi connectivity index (χ0n) is 16.5. The molecule has 8 nitrogen and oxygen atoms in total. The fraction of sp³-hybridized carbons (Fsp3) is 0.579. The van der Waals surface area contributed by atoms with Crippen molar-refractivity contribution in [3.63, 3.8) is 0 Å². The van der Waals surface area contributed by atoms with Gasteiger partial charge in [-0.1, -0.05) is 11.3 Å². The zero-order valence-corrected chi connectivity index (χ0v) is 18.2. The molecule has 158 valence electrons. The van der Waals surface area contributed by atoms with Crippen LogP contribution in [0.5, 0.6) is 5.75 Å². The Hall–Kier alpha value is -1.75. The minimum atomic E-state index is -3.45. The standard InChI is InChI=1S/C19H25N3O5S2/c1-26-13-7-8-17-15(11-13)20-19(28-17)21(12-14-5-4-10-27-14)18(23)16-6-3-9-22(16)29(2,24)25/h7-8,11,14,16H,3-6,9-10,12H2,1-2H3. The molecule has 2 unspecified atom stereocenters. The second-order valence-electron chi connectivity index (χ2n) is 7.45. The molecule has 2 saturated heterocycles. The third-order valence-electron chi connectivity index (χ3n) is 5.41. The highest BCUT2D eigenvalue weighted by atomic mass is 32.2. The van der Waals surface area contributed by atoms with Gasteiger partial charge in [0.1, 0.15) is 11.8 Å². The average Bonchev–Trinajstić information content (AvgIpc) is 3.44. The summed E-state index contributed by atoms with van der Waals surface area (Å²) in [6, 6.07) is 4.93. The van der Waals surface area contributed by atoms with E-state index in [9.17, 15) is 13.2 Å². The Labute approximate surface area is 174 Å². The van der Waals surface area contributed by atoms with Crippen molar-refractivity contribution in [2.24, 2.45) is 0 Å². The predicted molar refractivity (Wildman–Crippen MR) is 112 cm³/mol. The van der Waals surface area contributed by atoms with Gasteiger partial charge >= 0.3 is 0 Å². The Bertz CT molecular complexity index is 1000. The number of thiazole rings is 1. The molecule has 10 heteroatoms. The largest absolute Gasteiger partial charge is 0.497 e. The van der Waals surface area contributed by atoms with Crippen molar-refractivity contribution in [3.05, 3.63) is 18.2 Å². The van der Waals surface area contributed by atoms with Gasteiger partial charge < -0.3 is 9.47 Å². The fourth-order valence-electron chi connectivity index (χ4n) is 3.96. The van der Waals surface area contributed by atoms with Crippen molar-refractivity contribution in [3.8, 4) is 5.75 Å². The van der Waals surface area contributed by atoms with Crippen molar-refractivity contribution in [2.75, 3.05) is 38.0 Å². The number of sulfonamides is 1. The van der Waals surface area contributed by atoms with Crippen molar-refractivity contribution >= 4 is 42.6 Å². The number of hydrogen-bond acceptors (Lipinski definition) is 7. The van der Waals surface area contributed by atoms with Crippen LogP contribution >= 0.6 is 11.3 Å². The van der Waals surface area contributed by atoms with Crippen molar-refractivity contribution in [1.29, 1.82) is 0 Å². The first-order valence-electron chi connectivity index (χ1n) is 9.71. The van der Waals surface area contributed by atoms with Crippen molar-refractivity contribution in [2.45, 2.75) is 37.8 Å². The topological polar surface area (TPSA) is 89.0 Å². The molecular formula is C19H25N3O5S2. The first kappa shape index (κ1) is 20.5. The summed E-state index contributed by atoms with van der Waals surface area (Å²) in [5.74, 6) is 0.472. The molecule has 2 aliphatic rings. The summed E-state index contributed by atoms with van der Waals surface area (Å²) in [6.45, 7) is 1.44. The van der Waals surface area contributed by atoms with Gasteiger partial charge in [0.2, 0.25) is 15.9 Å². The Morgan fingerprint density at radius 2 is 2.21 bits per heavy atom. The lowest BCUT2D eigenvalue weighted by molar-refractivity contribution is -0.122. The van der Waals surface area contributed by atoms with Gasteiger partial charge in [0.05, 0.1) is 36.2 Å². The van der Waals surface area contributed by atoms with Crippen LogP contribution in [0.4, 0.5) is 5.13 Å². The van der Waals surface area contributed by atoms with Gasteiger partial charge in [-0.3, -0.25) is 9.69 Å². The number of carbonyl (C=O) groups is 1. The molecule has 2 aliphatic heterocycles. The van der Waals surface area contributed by atoms with E-state index in [-0.39, 0.29) is 12.0 Å². The van der Waals surface area contributed by atoms with Crippen LogP contribution in [0.2, 0.25) is 0 Å². The summed E-state index contributed by atoms with van der Waals surface area (Å²) in [6.07, 6.45) is 4.13. The van der Waals surface area contributed by atoms with Crippen molar-refractivity contribution in [1.82, 2.24) is 9.29 Å². The molecule has 29 heavy (non-hydrogen) atoms. The molecule has 1 aromatic carbocycles. The van der Waals surface area contributed by atoms with Crippen LogP contribution in [0.25, 0.3) is 10.2 Å². The maximum atomic E-state index is 13.5. The molecule has 1 aromatic heterocycles. The Kier molecular flexibility index (Phi) is 5.78. The van der Waals surface area contributed by atoms with E-state index >= 15 is 0 Å². The van der Waals surface area contributed by atoms with E-state index < -0.39 is 16.1 Å². The lowest BCUT2D eigenvalue weighted by Crippen LogP contribution is -2.49. The number of aromatic nitrogens is 1. The van der Waals surface area contributed by atoms with Crippen LogP contribution < -0.4 is 9.64 Å². The van der Waals surface area contributed by atoms with E-state index in [1.165, 1.54) is 15.6 Å². The van der Waals surface area contributed by atoms with E-state index in [0.29, 0.717) is 43.4 Å². The molecule has 0 radical (unpaired) electrons. The first-order valence-corrected chi connectivity index (χ1v) is 12.4. The zero-order chi connectivity index (χ0) is 20.6. The van der Waals surface area contributed by atoms with Crippen molar-refractivity contribution < 1.29 is 22.7 Å². The molecule has 1 amide bonds. The number of hydrogen-bond donors (Lipinski definition) is 0. The summed E-state index contributed by atoms with van der Waals surface area (Å²) in [5.41, 5.74) is 0.751. The Morgan fingerprint density at radius 3 is 2.90 bits per heavy atom. The fourth-order valence-corrected chi connectivity index (χ4v) is 6.03. The third kappa shape index (κ3) is 4.25. The minimum absolute atomic E-state index is 0.0615. The number of nitrogens with zero attached hydrogens (tertiary/aromatic N) is 3. The third-order valence-corrected chi connectivity index (χ3v) is 7.75. The molecule has 0 aliphatic carbocycles. The number of methoxy groups -OCH3 is 1. The molecule has 2 fully saturated rings. The van der Waals surface area contributed by atoms with Crippen LogP contribution in [-0.2, 0) is 19.6 Å². The minimum Gasteiger partial charge on any atom is -0.497 e. The first-order chi connectivity index (χ1) is 13.9. The van der Waals surface area contributed by atoms with E-state index in [1.807, 2.05) is 18.2 Å². The summed E-state index contributed by atoms with van der Waals surface area (Å²) in [4.78, 5) is 19.8. The van der Waals surface area contributed by atoms with Crippen LogP contribution in [0.15, 0.2) is 18.2 Å². The number of anilines is 1. The highest BCUT2D eigenvalue weighted by Gasteiger charge is 2.40. The highest BCUT2D eigenvalue weighted by molar-refractivity contribution is 7.88. The monoisotopic (exact) mass is 439 g/mol. The van der Waals surface area contributed by atoms with E-state index in [0.717, 1.165) is 29.3 Å². The van der Waals surface area contributed by atoms with E-state index in [1.54, 1.807) is 12.0 Å². The van der Waals surface area contributed by atoms with Gasteiger partial charge in [0.25, 0.3) is 0 Å². The van der Waals surface area contributed by atoms with Crippen LogP contribution in [0.1, 0.15) is 25.7 Å². The summed E-state index contributed by atoms with van der Waals surface area (Å²) in [7, 11) is -1.85. The van der Waals surface area contributed by atoms with E-state index in [2.05, 4.69) is 4.98 Å². The second kappa shape index (κ2) is 8.17. The highest BCUT2D eigenvalue weighted by Crippen LogP contribution is 2.34. The average molecular weight is 440 g/mol. The van der Waals surface area contributed by atoms with Gasteiger partial charge in [-0.05, 0) is 37.8 Å². The van der Waals surface area contributed by atoms with Crippen LogP contribution in [0, 0.1) is 0 Å². The molecular weight excluding hydrogens is 414 g/mol. The molecule has 0 saturated carbocycles. The SMILES string of the molecule is COc1ccc2sc(N(CC3CCCO3)C(=O)C3CCCN3S(C)(=O)=O)nc2c1. The number of amides is 1. The Balaban J connectivity index is 1.68. The van der Waals surface area contributed by atoms with Gasteiger partial charge in [0.15, 0.2) is 5.13 Å². The summed E-state index contributed by atoms with van der Waals surface area (Å²) in [5, 5.41) is 0.564. The number of benzene rings is 1. The molecule has 4 rings (SSSR count). The number of ether oxygens (including phenoxy) is 2. The Morgan fingerprint density at radius 1 is 1.38 bits per heavy atom. The molecule has 2 atom stereocenters. The molecule has 0 bridgehead atoms. The summed E-state index contributed by atoms with van der Waals surface area (Å²) >= 11 is 1.42. The predicted octanol–water partition coefficient (Wildman–Crippen LogP) is 2.24. The molecule has 0 N–H and O–H groups in total. The van der Waals surface area contributed by atoms with Crippen LogP contribution in [-0.4, -0.2) is 68.8 Å². The lowest BCUT2D eigenvalue weighted by atomic mass is 10.2. The maximum absolute atomic E-state index is 13.5. The maximum Gasteiger partial charge on any atom is 0.247 e. The number of rotatable bonds is 6. The number of carbonyl (C=O) groups excluding carboxylic acids is 1. The smallest absolute Gasteiger partial charge is 0.247 e. The van der Waals surface area contributed by atoms with Gasteiger partial charge in [-0.2, -0.15) is 4.31 Å². The van der Waals surface area contributed by atoms with E-state index in [4.69, 9.17) is 9.47 Å². The number of fused-ring (bicyclic) bond motifs is 1. The molecule has 0 spiro atoms. The molecule has 2 aromatic rings. The second-order valence-corrected chi connectivity index (χ2v) is 10.4. The van der Waals surface area contributed by atoms with Gasteiger partial charge in [0, 0.05) is 19.2 Å². The van der Waals surface area contributed by atoms with Crippen LogP contribution in [0.3, 0.4) is 0 Å². The van der Waals surface area contributed by atoms with Gasteiger partial charge in [-0.25, -0.2) is 13.4 Å². The molecule has 3 heterocycles.